The van der Waals surface area contributed by atoms with E-state index in [4.69, 9.17) is 16.0 Å². The molecular formula is C15H15ClN2O3. The van der Waals surface area contributed by atoms with Crippen LogP contribution in [-0.4, -0.2) is 22.9 Å². The quantitative estimate of drug-likeness (QED) is 0.886. The van der Waals surface area contributed by atoms with Gasteiger partial charge in [-0.25, -0.2) is 5.01 Å². The van der Waals surface area contributed by atoms with Crippen LogP contribution in [0.3, 0.4) is 0 Å². The first-order valence-corrected chi connectivity index (χ1v) is 6.79. The highest BCUT2D eigenvalue weighted by Crippen LogP contribution is 2.11. The maximum absolute atomic E-state index is 12.3. The summed E-state index contributed by atoms with van der Waals surface area (Å²) in [5.41, 5.74) is 3.40. The number of carbonyl (C=O) groups is 2. The van der Waals surface area contributed by atoms with Crippen LogP contribution in [0.5, 0.6) is 0 Å². The summed E-state index contributed by atoms with van der Waals surface area (Å²) in [6.45, 7) is 3.61. The number of carbonyl (C=O) groups excluding carboxylic acids is 2. The second-order valence-corrected chi connectivity index (χ2v) is 5.17. The van der Waals surface area contributed by atoms with Gasteiger partial charge in [-0.3, -0.25) is 15.0 Å². The molecule has 21 heavy (non-hydrogen) atoms. The number of furan rings is 1. The van der Waals surface area contributed by atoms with Crippen LogP contribution >= 0.6 is 11.6 Å². The molecule has 6 heteroatoms. The summed E-state index contributed by atoms with van der Waals surface area (Å²) in [7, 11) is 0. The van der Waals surface area contributed by atoms with Crippen molar-refractivity contribution in [3.8, 4) is 0 Å². The third-order valence-corrected chi connectivity index (χ3v) is 3.08. The minimum Gasteiger partial charge on any atom is -0.472 e. The smallest absolute Gasteiger partial charge is 0.275 e. The standard InChI is InChI=1S/C15H15ClN2O3/c1-10(2)18(15(20)12-7-8-21-9-12)17-14(19)11-3-5-13(16)6-4-11/h3-10H,1-2H3,(H,17,19). The lowest BCUT2D eigenvalue weighted by Crippen LogP contribution is -2.49. The molecule has 1 heterocycles. The minimum atomic E-state index is -0.378. The molecule has 2 amide bonds. The lowest BCUT2D eigenvalue weighted by molar-refractivity contribution is 0.0515. The van der Waals surface area contributed by atoms with Gasteiger partial charge in [0.1, 0.15) is 6.26 Å². The number of halogens is 1. The summed E-state index contributed by atoms with van der Waals surface area (Å²) in [5.74, 6) is -0.710. The molecule has 0 radical (unpaired) electrons. The fourth-order valence-corrected chi connectivity index (χ4v) is 1.84. The third kappa shape index (κ3) is 3.64. The Hall–Kier alpha value is -2.27. The molecule has 0 spiro atoms. The molecule has 0 unspecified atom stereocenters. The summed E-state index contributed by atoms with van der Waals surface area (Å²) in [6, 6.07) is 7.77. The Bertz CT molecular complexity index is 621. The van der Waals surface area contributed by atoms with Gasteiger partial charge in [-0.1, -0.05) is 11.6 Å². The van der Waals surface area contributed by atoms with Crippen LogP contribution < -0.4 is 5.43 Å². The Morgan fingerprint density at radius 1 is 1.14 bits per heavy atom. The fraction of sp³-hybridized carbons (Fsp3) is 0.200. The lowest BCUT2D eigenvalue weighted by atomic mass is 10.2. The second kappa shape index (κ2) is 6.45. The third-order valence-electron chi connectivity index (χ3n) is 2.83. The van der Waals surface area contributed by atoms with Gasteiger partial charge in [-0.15, -0.1) is 0 Å². The maximum Gasteiger partial charge on any atom is 0.275 e. The number of rotatable bonds is 3. The Morgan fingerprint density at radius 3 is 2.33 bits per heavy atom. The molecule has 0 fully saturated rings. The first kappa shape index (κ1) is 15.1. The van der Waals surface area contributed by atoms with Crippen LogP contribution in [-0.2, 0) is 0 Å². The van der Waals surface area contributed by atoms with Gasteiger partial charge in [-0.05, 0) is 44.2 Å². The molecule has 0 bridgehead atoms. The van der Waals surface area contributed by atoms with Gasteiger partial charge in [0, 0.05) is 16.6 Å². The molecule has 0 saturated heterocycles. The zero-order valence-electron chi connectivity index (χ0n) is 11.7. The van der Waals surface area contributed by atoms with E-state index >= 15 is 0 Å². The van der Waals surface area contributed by atoms with E-state index in [1.165, 1.54) is 17.5 Å². The van der Waals surface area contributed by atoms with Crippen LogP contribution in [0.15, 0.2) is 47.3 Å². The van der Waals surface area contributed by atoms with Crippen LogP contribution in [0, 0.1) is 0 Å². The highest BCUT2D eigenvalue weighted by Gasteiger charge is 2.22. The van der Waals surface area contributed by atoms with Crippen molar-refractivity contribution in [2.75, 3.05) is 0 Å². The van der Waals surface area contributed by atoms with E-state index in [1.807, 2.05) is 0 Å². The van der Waals surface area contributed by atoms with Crippen molar-refractivity contribution in [1.82, 2.24) is 10.4 Å². The molecule has 2 aromatic rings. The molecule has 1 aromatic carbocycles. The monoisotopic (exact) mass is 306 g/mol. The van der Waals surface area contributed by atoms with E-state index < -0.39 is 0 Å². The summed E-state index contributed by atoms with van der Waals surface area (Å²) in [5, 5.41) is 1.81. The first-order chi connectivity index (χ1) is 9.99. The number of nitrogens with one attached hydrogen (secondary N) is 1. The van der Waals surface area contributed by atoms with Gasteiger partial charge in [0.2, 0.25) is 0 Å². The van der Waals surface area contributed by atoms with Crippen LogP contribution in [0.25, 0.3) is 0 Å². The topological polar surface area (TPSA) is 62.6 Å². The molecule has 1 aromatic heterocycles. The molecule has 0 saturated carbocycles. The summed E-state index contributed by atoms with van der Waals surface area (Å²) >= 11 is 5.78. The van der Waals surface area contributed by atoms with E-state index in [9.17, 15) is 9.59 Å². The van der Waals surface area contributed by atoms with E-state index in [2.05, 4.69) is 5.43 Å². The van der Waals surface area contributed by atoms with Gasteiger partial charge in [0.05, 0.1) is 11.8 Å². The van der Waals surface area contributed by atoms with Gasteiger partial charge in [0.15, 0.2) is 0 Å². The molecule has 2 rings (SSSR count). The van der Waals surface area contributed by atoms with E-state index in [0.717, 1.165) is 0 Å². The predicted octanol–water partition coefficient (Wildman–Crippen LogP) is 3.13. The van der Waals surface area contributed by atoms with Crippen molar-refractivity contribution < 1.29 is 14.0 Å². The van der Waals surface area contributed by atoms with Crippen molar-refractivity contribution in [3.05, 3.63) is 59.0 Å². The average Bonchev–Trinajstić information content (AvgIpc) is 2.98. The second-order valence-electron chi connectivity index (χ2n) is 4.73. The fourth-order valence-electron chi connectivity index (χ4n) is 1.71. The van der Waals surface area contributed by atoms with E-state index in [1.54, 1.807) is 44.2 Å². The van der Waals surface area contributed by atoms with Crippen LogP contribution in [0.1, 0.15) is 34.6 Å². The first-order valence-electron chi connectivity index (χ1n) is 6.41. The van der Waals surface area contributed by atoms with Crippen molar-refractivity contribution in [1.29, 1.82) is 0 Å². The SMILES string of the molecule is CC(C)N(NC(=O)c1ccc(Cl)cc1)C(=O)c1ccoc1. The molecule has 5 nitrogen and oxygen atoms in total. The van der Waals surface area contributed by atoms with Gasteiger partial charge in [-0.2, -0.15) is 0 Å². The van der Waals surface area contributed by atoms with E-state index in [-0.39, 0.29) is 17.9 Å². The zero-order chi connectivity index (χ0) is 15.4. The van der Waals surface area contributed by atoms with Crippen molar-refractivity contribution in [2.24, 2.45) is 0 Å². The van der Waals surface area contributed by atoms with Crippen molar-refractivity contribution in [3.63, 3.8) is 0 Å². The highest BCUT2D eigenvalue weighted by molar-refractivity contribution is 6.30. The molecule has 0 aliphatic heterocycles. The molecule has 110 valence electrons. The average molecular weight is 307 g/mol. The zero-order valence-corrected chi connectivity index (χ0v) is 12.4. The predicted molar refractivity (Wildman–Crippen MR) is 78.9 cm³/mol. The Balaban J connectivity index is 2.15. The summed E-state index contributed by atoms with van der Waals surface area (Å²) in [4.78, 5) is 24.5. The largest absolute Gasteiger partial charge is 0.472 e. The number of hydrogen-bond donors (Lipinski definition) is 1. The summed E-state index contributed by atoms with van der Waals surface area (Å²) in [6.07, 6.45) is 2.75. The molecule has 0 atom stereocenters. The van der Waals surface area contributed by atoms with E-state index in [0.29, 0.717) is 16.1 Å². The van der Waals surface area contributed by atoms with Crippen molar-refractivity contribution >= 4 is 23.4 Å². The van der Waals surface area contributed by atoms with Gasteiger partial charge in [0.25, 0.3) is 11.8 Å². The maximum atomic E-state index is 12.3. The molecule has 0 aliphatic rings. The molecular weight excluding hydrogens is 292 g/mol. The number of hydrazine groups is 1. The Morgan fingerprint density at radius 2 is 1.81 bits per heavy atom. The number of amides is 2. The lowest BCUT2D eigenvalue weighted by Gasteiger charge is -2.26. The minimum absolute atomic E-state index is 0.205. The van der Waals surface area contributed by atoms with Gasteiger partial charge < -0.3 is 4.42 Å². The van der Waals surface area contributed by atoms with Crippen LogP contribution in [0.4, 0.5) is 0 Å². The number of nitrogens with zero attached hydrogens (tertiary/aromatic N) is 1. The summed E-state index contributed by atoms with van der Waals surface area (Å²) < 4.78 is 4.89. The number of benzene rings is 1. The molecule has 0 aliphatic carbocycles. The van der Waals surface area contributed by atoms with Crippen molar-refractivity contribution in [2.45, 2.75) is 19.9 Å². The molecule has 1 N–H and O–H groups in total. The normalized spacial score (nSPS) is 10.5. The van der Waals surface area contributed by atoms with Crippen LogP contribution in [0.2, 0.25) is 5.02 Å². The highest BCUT2D eigenvalue weighted by atomic mass is 35.5. The number of hydrogen-bond acceptors (Lipinski definition) is 3. The Kier molecular flexibility index (Phi) is 4.65. The Labute approximate surface area is 127 Å². The van der Waals surface area contributed by atoms with Gasteiger partial charge >= 0.3 is 0 Å².